The van der Waals surface area contributed by atoms with Gasteiger partial charge in [-0.1, -0.05) is 18.2 Å². The Morgan fingerprint density at radius 1 is 1.30 bits per heavy atom. The van der Waals surface area contributed by atoms with E-state index in [1.54, 1.807) is 31.2 Å². The molecule has 108 valence electrons. The van der Waals surface area contributed by atoms with E-state index in [-0.39, 0.29) is 5.91 Å². The van der Waals surface area contributed by atoms with Crippen molar-refractivity contribution in [3.05, 3.63) is 35.9 Å². The number of likely N-dealkylation sites (tertiary alicyclic amines) is 1. The Balaban J connectivity index is 2.33. The molecule has 1 fully saturated rings. The fourth-order valence-electron chi connectivity index (χ4n) is 2.61. The highest BCUT2D eigenvalue weighted by atomic mass is 16.6. The van der Waals surface area contributed by atoms with Crippen molar-refractivity contribution in [2.24, 2.45) is 0 Å². The van der Waals surface area contributed by atoms with Gasteiger partial charge in [-0.3, -0.25) is 4.79 Å². The van der Waals surface area contributed by atoms with Crippen molar-refractivity contribution < 1.29 is 19.1 Å². The lowest BCUT2D eigenvalue weighted by molar-refractivity contribution is -0.186. The molecule has 1 heterocycles. The van der Waals surface area contributed by atoms with E-state index in [0.29, 0.717) is 31.6 Å². The van der Waals surface area contributed by atoms with E-state index >= 15 is 0 Å². The van der Waals surface area contributed by atoms with Gasteiger partial charge in [0.15, 0.2) is 0 Å². The van der Waals surface area contributed by atoms with Crippen molar-refractivity contribution in [2.45, 2.75) is 25.5 Å². The van der Waals surface area contributed by atoms with Crippen LogP contribution in [-0.2, 0) is 14.3 Å². The molecular weight excluding hydrogens is 258 g/mol. The summed E-state index contributed by atoms with van der Waals surface area (Å²) >= 11 is 0. The highest BCUT2D eigenvalue weighted by Crippen LogP contribution is 2.33. The van der Waals surface area contributed by atoms with Gasteiger partial charge in [-0.25, -0.2) is 4.79 Å². The Bertz CT molecular complexity index is 488. The molecule has 0 bridgehead atoms. The normalized spacial score (nSPS) is 21.8. The number of carbonyl (C=O) groups is 2. The molecule has 1 aromatic rings. The molecule has 0 aromatic heterocycles. The minimum absolute atomic E-state index is 0.207. The molecule has 1 aliphatic rings. The van der Waals surface area contributed by atoms with Gasteiger partial charge >= 0.3 is 5.97 Å². The second-order valence-corrected chi connectivity index (χ2v) is 4.64. The first-order valence-electron chi connectivity index (χ1n) is 6.75. The third kappa shape index (κ3) is 2.41. The monoisotopic (exact) mass is 277 g/mol. The summed E-state index contributed by atoms with van der Waals surface area (Å²) in [7, 11) is 1.31. The minimum atomic E-state index is -1.28. The van der Waals surface area contributed by atoms with Crippen LogP contribution in [0.3, 0.4) is 0 Å². The number of amides is 1. The Hall–Kier alpha value is -1.88. The van der Waals surface area contributed by atoms with Crippen molar-refractivity contribution in [1.82, 2.24) is 4.90 Å². The van der Waals surface area contributed by atoms with Crippen LogP contribution in [-0.4, -0.2) is 42.8 Å². The lowest BCUT2D eigenvalue weighted by atomic mass is 10.1. The van der Waals surface area contributed by atoms with Crippen LogP contribution >= 0.6 is 0 Å². The summed E-state index contributed by atoms with van der Waals surface area (Å²) in [5.41, 5.74) is -0.737. The number of benzene rings is 1. The molecule has 0 saturated carbocycles. The van der Waals surface area contributed by atoms with Gasteiger partial charge in [0.25, 0.3) is 5.91 Å². The summed E-state index contributed by atoms with van der Waals surface area (Å²) < 4.78 is 10.5. The van der Waals surface area contributed by atoms with Gasteiger partial charge < -0.3 is 14.4 Å². The lowest BCUT2D eigenvalue weighted by Crippen LogP contribution is -2.55. The largest absolute Gasteiger partial charge is 0.465 e. The SMILES string of the molecule is CCO[C@@]1(C(=O)OC)CCCN1C(=O)c1ccccc1. The number of hydrogen-bond donors (Lipinski definition) is 0. The van der Waals surface area contributed by atoms with E-state index in [1.807, 2.05) is 6.07 Å². The van der Waals surface area contributed by atoms with Gasteiger partial charge in [-0.15, -0.1) is 0 Å². The zero-order valence-electron chi connectivity index (χ0n) is 11.8. The topological polar surface area (TPSA) is 55.8 Å². The Labute approximate surface area is 118 Å². The average Bonchev–Trinajstić information content (AvgIpc) is 2.91. The van der Waals surface area contributed by atoms with Crippen molar-refractivity contribution in [3.63, 3.8) is 0 Å². The third-order valence-electron chi connectivity index (χ3n) is 3.49. The van der Waals surface area contributed by atoms with Crippen LogP contribution in [0.4, 0.5) is 0 Å². The van der Waals surface area contributed by atoms with Crippen LogP contribution in [0.1, 0.15) is 30.1 Å². The third-order valence-corrected chi connectivity index (χ3v) is 3.49. The molecule has 1 aromatic carbocycles. The molecule has 5 nitrogen and oxygen atoms in total. The molecule has 0 unspecified atom stereocenters. The predicted octanol–water partition coefficient (Wildman–Crippen LogP) is 1.83. The number of esters is 1. The van der Waals surface area contributed by atoms with Crippen LogP contribution < -0.4 is 0 Å². The first-order valence-corrected chi connectivity index (χ1v) is 6.75. The van der Waals surface area contributed by atoms with Crippen molar-refractivity contribution in [1.29, 1.82) is 0 Å². The maximum Gasteiger partial charge on any atom is 0.359 e. The Morgan fingerprint density at radius 3 is 2.60 bits per heavy atom. The van der Waals surface area contributed by atoms with Crippen LogP contribution in [0, 0.1) is 0 Å². The van der Waals surface area contributed by atoms with Gasteiger partial charge in [0.1, 0.15) is 0 Å². The quantitative estimate of drug-likeness (QED) is 0.788. The lowest BCUT2D eigenvalue weighted by Gasteiger charge is -2.35. The number of rotatable bonds is 4. The highest BCUT2D eigenvalue weighted by molar-refractivity contribution is 5.98. The van der Waals surface area contributed by atoms with E-state index < -0.39 is 11.7 Å². The molecule has 1 aliphatic heterocycles. The van der Waals surface area contributed by atoms with Crippen LogP contribution in [0.25, 0.3) is 0 Å². The average molecular weight is 277 g/mol. The number of methoxy groups -OCH3 is 1. The van der Waals surface area contributed by atoms with Gasteiger partial charge in [0, 0.05) is 25.1 Å². The molecule has 1 saturated heterocycles. The highest BCUT2D eigenvalue weighted by Gasteiger charge is 2.52. The number of hydrogen-bond acceptors (Lipinski definition) is 4. The van der Waals surface area contributed by atoms with Gasteiger partial charge in [0.2, 0.25) is 5.72 Å². The molecule has 0 spiro atoms. The molecule has 20 heavy (non-hydrogen) atoms. The summed E-state index contributed by atoms with van der Waals surface area (Å²) in [6.07, 6.45) is 1.18. The number of ether oxygens (including phenoxy) is 2. The summed E-state index contributed by atoms with van der Waals surface area (Å²) in [4.78, 5) is 26.2. The second kappa shape index (κ2) is 6.05. The first-order chi connectivity index (χ1) is 9.65. The molecule has 5 heteroatoms. The number of carbonyl (C=O) groups excluding carboxylic acids is 2. The fourth-order valence-corrected chi connectivity index (χ4v) is 2.61. The zero-order valence-corrected chi connectivity index (χ0v) is 11.8. The summed E-state index contributed by atoms with van der Waals surface area (Å²) in [5.74, 6) is -0.719. The second-order valence-electron chi connectivity index (χ2n) is 4.64. The van der Waals surface area contributed by atoms with Gasteiger partial charge in [-0.2, -0.15) is 0 Å². The van der Waals surface area contributed by atoms with Gasteiger partial charge in [-0.05, 0) is 25.5 Å². The molecule has 1 atom stereocenters. The van der Waals surface area contributed by atoms with Crippen molar-refractivity contribution in [3.8, 4) is 0 Å². The number of nitrogens with zero attached hydrogens (tertiary/aromatic N) is 1. The van der Waals surface area contributed by atoms with Crippen molar-refractivity contribution >= 4 is 11.9 Å². The Morgan fingerprint density at radius 2 is 2.00 bits per heavy atom. The fraction of sp³-hybridized carbons (Fsp3) is 0.467. The minimum Gasteiger partial charge on any atom is -0.465 e. The summed E-state index contributed by atoms with van der Waals surface area (Å²) in [6, 6.07) is 8.90. The summed E-state index contributed by atoms with van der Waals surface area (Å²) in [6.45, 7) is 2.63. The zero-order chi connectivity index (χ0) is 14.6. The molecular formula is C15H19NO4. The van der Waals surface area contributed by atoms with Gasteiger partial charge in [0.05, 0.1) is 7.11 Å². The summed E-state index contributed by atoms with van der Waals surface area (Å²) in [5, 5.41) is 0. The van der Waals surface area contributed by atoms with E-state index in [0.717, 1.165) is 0 Å². The molecule has 2 rings (SSSR count). The maximum absolute atomic E-state index is 12.6. The molecule has 0 N–H and O–H groups in total. The maximum atomic E-state index is 12.6. The Kier molecular flexibility index (Phi) is 4.39. The smallest absolute Gasteiger partial charge is 0.359 e. The van der Waals surface area contributed by atoms with Crippen LogP contribution in [0.2, 0.25) is 0 Å². The van der Waals surface area contributed by atoms with E-state index in [9.17, 15) is 9.59 Å². The van der Waals surface area contributed by atoms with Crippen molar-refractivity contribution in [2.75, 3.05) is 20.3 Å². The molecule has 0 radical (unpaired) electrons. The van der Waals surface area contributed by atoms with E-state index in [4.69, 9.17) is 9.47 Å². The molecule has 1 amide bonds. The standard InChI is InChI=1S/C15H19NO4/c1-3-20-15(14(18)19-2)10-7-11-16(15)13(17)12-8-5-4-6-9-12/h4-6,8-9H,3,7,10-11H2,1-2H3/t15-/m1/s1. The van der Waals surface area contributed by atoms with Crippen LogP contribution in [0.15, 0.2) is 30.3 Å². The molecule has 0 aliphatic carbocycles. The van der Waals surface area contributed by atoms with Crippen LogP contribution in [0.5, 0.6) is 0 Å². The van der Waals surface area contributed by atoms with E-state index in [2.05, 4.69) is 0 Å². The predicted molar refractivity (Wildman–Crippen MR) is 73.1 cm³/mol. The van der Waals surface area contributed by atoms with E-state index in [1.165, 1.54) is 12.0 Å². The first kappa shape index (κ1) is 14.5.